The number of unbranched alkanes of at least 4 members (excludes halogenated alkanes) is 5. The SMILES string of the molecule is CN[C@@H](C)C(=O)N[C@H](C(=O)N1CCC[C@@H]1CN(C(=O)CCCCCCCCC(=O)N(C[C@H]1CCCN1C(=O)[C@@H](NC(=O)[C@H](C)NC)C(C)(C)C)C(C)C)C(C)C)C(C)(C)C. The molecular weight excluding hydrogens is 761 g/mol. The summed E-state index contributed by atoms with van der Waals surface area (Å²) in [5.41, 5.74) is -0.953. The van der Waals surface area contributed by atoms with Crippen LogP contribution < -0.4 is 21.3 Å². The predicted molar refractivity (Wildman–Crippen MR) is 240 cm³/mol. The number of carbonyl (C=O) groups is 6. The fourth-order valence-electron chi connectivity index (χ4n) is 8.26. The number of likely N-dealkylation sites (N-methyl/N-ethyl adjacent to an activating group) is 2. The zero-order chi connectivity index (χ0) is 45.5. The first-order valence-electron chi connectivity index (χ1n) is 23.1. The Hall–Kier alpha value is -3.26. The molecule has 2 rings (SSSR count). The molecule has 0 aromatic rings. The van der Waals surface area contributed by atoms with Gasteiger partial charge in [-0.1, -0.05) is 67.2 Å². The van der Waals surface area contributed by atoms with Gasteiger partial charge in [-0.15, -0.1) is 0 Å². The quantitative estimate of drug-likeness (QED) is 0.106. The number of hydrogen-bond acceptors (Lipinski definition) is 8. The number of nitrogens with zero attached hydrogens (tertiary/aromatic N) is 4. The summed E-state index contributed by atoms with van der Waals surface area (Å²) >= 11 is 0. The fourth-order valence-corrected chi connectivity index (χ4v) is 8.26. The van der Waals surface area contributed by atoms with E-state index in [2.05, 4.69) is 21.3 Å². The summed E-state index contributed by atoms with van der Waals surface area (Å²) in [4.78, 5) is 88.1. The summed E-state index contributed by atoms with van der Waals surface area (Å²) in [6.45, 7) is 25.7. The molecule has 2 aliphatic heterocycles. The highest BCUT2D eigenvalue weighted by atomic mass is 16.2. The Morgan fingerprint density at radius 3 is 1.15 bits per heavy atom. The number of hydrogen-bond donors (Lipinski definition) is 4. The van der Waals surface area contributed by atoms with Gasteiger partial charge in [0.1, 0.15) is 12.1 Å². The van der Waals surface area contributed by atoms with E-state index in [0.717, 1.165) is 64.2 Å². The number of carbonyl (C=O) groups excluding carboxylic acids is 6. The number of rotatable bonds is 23. The van der Waals surface area contributed by atoms with Crippen LogP contribution in [0.1, 0.15) is 160 Å². The van der Waals surface area contributed by atoms with Gasteiger partial charge in [0.25, 0.3) is 0 Å². The van der Waals surface area contributed by atoms with Crippen LogP contribution in [0.25, 0.3) is 0 Å². The minimum absolute atomic E-state index is 0.00476. The maximum absolute atomic E-state index is 13.9. The average molecular weight is 847 g/mol. The lowest BCUT2D eigenvalue weighted by atomic mass is 9.85. The third-order valence-corrected chi connectivity index (χ3v) is 12.5. The second-order valence-corrected chi connectivity index (χ2v) is 20.2. The first-order valence-corrected chi connectivity index (χ1v) is 23.1. The van der Waals surface area contributed by atoms with Gasteiger partial charge < -0.3 is 40.9 Å². The molecule has 2 heterocycles. The number of amides is 6. The van der Waals surface area contributed by atoms with Crippen molar-refractivity contribution in [3.05, 3.63) is 0 Å². The van der Waals surface area contributed by atoms with E-state index < -0.39 is 35.0 Å². The smallest absolute Gasteiger partial charge is 0.246 e. The Kier molecular flexibility index (Phi) is 21.5. The Bertz CT molecular complexity index is 1300. The molecule has 6 amide bonds. The lowest BCUT2D eigenvalue weighted by Gasteiger charge is -2.38. The molecule has 2 saturated heterocycles. The van der Waals surface area contributed by atoms with E-state index in [0.29, 0.717) is 39.0 Å². The molecular formula is C46H86N8O6. The molecule has 0 aromatic carbocycles. The van der Waals surface area contributed by atoms with Gasteiger partial charge in [0, 0.05) is 63.2 Å². The van der Waals surface area contributed by atoms with Crippen molar-refractivity contribution >= 4 is 35.4 Å². The topological polar surface area (TPSA) is 163 Å². The molecule has 0 unspecified atom stereocenters. The van der Waals surface area contributed by atoms with Crippen LogP contribution in [-0.4, -0.2) is 144 Å². The first-order chi connectivity index (χ1) is 28.0. The minimum atomic E-state index is -0.668. The van der Waals surface area contributed by atoms with Gasteiger partial charge in [-0.05, 0) is 105 Å². The average Bonchev–Trinajstić information content (AvgIpc) is 3.85. The lowest BCUT2D eigenvalue weighted by molar-refractivity contribution is -0.142. The van der Waals surface area contributed by atoms with E-state index in [9.17, 15) is 28.8 Å². The monoisotopic (exact) mass is 847 g/mol. The Labute approximate surface area is 363 Å². The van der Waals surface area contributed by atoms with Gasteiger partial charge in [0.05, 0.1) is 12.1 Å². The highest BCUT2D eigenvalue weighted by Gasteiger charge is 2.42. The molecule has 0 spiro atoms. The predicted octanol–water partition coefficient (Wildman–Crippen LogP) is 4.84. The van der Waals surface area contributed by atoms with Crippen molar-refractivity contribution in [3.63, 3.8) is 0 Å². The highest BCUT2D eigenvalue weighted by molar-refractivity contribution is 5.91. The van der Waals surface area contributed by atoms with E-state index in [1.165, 1.54) is 0 Å². The van der Waals surface area contributed by atoms with Crippen molar-refractivity contribution < 1.29 is 28.8 Å². The molecule has 0 aliphatic carbocycles. The van der Waals surface area contributed by atoms with Crippen LogP contribution in [0, 0.1) is 10.8 Å². The van der Waals surface area contributed by atoms with E-state index >= 15 is 0 Å². The van der Waals surface area contributed by atoms with Crippen LogP contribution in [0.4, 0.5) is 0 Å². The van der Waals surface area contributed by atoms with E-state index in [1.54, 1.807) is 27.9 Å². The third kappa shape index (κ3) is 15.9. The molecule has 14 nitrogen and oxygen atoms in total. The zero-order valence-corrected chi connectivity index (χ0v) is 40.2. The summed E-state index contributed by atoms with van der Waals surface area (Å²) in [5.74, 6) is -0.375. The zero-order valence-electron chi connectivity index (χ0n) is 40.2. The van der Waals surface area contributed by atoms with Crippen molar-refractivity contribution in [2.75, 3.05) is 40.3 Å². The fraction of sp³-hybridized carbons (Fsp3) is 0.870. The molecule has 6 atom stereocenters. The van der Waals surface area contributed by atoms with Crippen LogP contribution in [0.2, 0.25) is 0 Å². The molecule has 2 fully saturated rings. The van der Waals surface area contributed by atoms with Crippen molar-refractivity contribution in [1.29, 1.82) is 0 Å². The molecule has 0 saturated carbocycles. The molecule has 0 bridgehead atoms. The lowest BCUT2D eigenvalue weighted by Crippen LogP contribution is -2.59. The van der Waals surface area contributed by atoms with Crippen LogP contribution in [0.15, 0.2) is 0 Å². The standard InChI is InChI=1S/C46H86N8O6/c1-31(2)53(29-35-23-21-27-51(35)43(59)39(45(7,8)9)49-41(57)33(5)47-13)37(55)25-19-17-15-16-18-20-26-38(56)54(32(3)4)30-36-24-22-28-52(36)44(60)40(46(10,11)12)50-42(58)34(6)48-14/h31-36,39-40,47-48H,15-30H2,1-14H3,(H,49,57)(H,50,58)/t33-,34-,35+,36+,39+,40+/m0/s1. The van der Waals surface area contributed by atoms with Crippen LogP contribution in [0.3, 0.4) is 0 Å². The minimum Gasteiger partial charge on any atom is -0.342 e. The van der Waals surface area contributed by atoms with Gasteiger partial charge >= 0.3 is 0 Å². The van der Waals surface area contributed by atoms with Crippen LogP contribution in [0.5, 0.6) is 0 Å². The van der Waals surface area contributed by atoms with Crippen molar-refractivity contribution in [2.24, 2.45) is 10.8 Å². The van der Waals surface area contributed by atoms with E-state index in [4.69, 9.17) is 0 Å². The Morgan fingerprint density at radius 2 is 0.867 bits per heavy atom. The highest BCUT2D eigenvalue weighted by Crippen LogP contribution is 2.29. The molecule has 0 radical (unpaired) electrons. The second kappa shape index (κ2) is 24.4. The van der Waals surface area contributed by atoms with Gasteiger partial charge in [0.2, 0.25) is 35.4 Å². The van der Waals surface area contributed by atoms with E-state index in [-0.39, 0.29) is 59.6 Å². The van der Waals surface area contributed by atoms with Gasteiger partial charge in [-0.25, -0.2) is 0 Å². The summed E-state index contributed by atoms with van der Waals surface area (Å²) in [5, 5.41) is 11.9. The Morgan fingerprint density at radius 1 is 0.550 bits per heavy atom. The van der Waals surface area contributed by atoms with Crippen LogP contribution in [-0.2, 0) is 28.8 Å². The maximum Gasteiger partial charge on any atom is 0.246 e. The molecule has 2 aliphatic rings. The van der Waals surface area contributed by atoms with E-state index in [1.807, 2.05) is 88.8 Å². The summed E-state index contributed by atoms with van der Waals surface area (Å²) in [7, 11) is 3.44. The molecule has 4 N–H and O–H groups in total. The summed E-state index contributed by atoms with van der Waals surface area (Å²) < 4.78 is 0. The molecule has 14 heteroatoms. The second-order valence-electron chi connectivity index (χ2n) is 20.2. The number of likely N-dealkylation sites (tertiary alicyclic amines) is 2. The molecule has 60 heavy (non-hydrogen) atoms. The first kappa shape index (κ1) is 52.9. The summed E-state index contributed by atoms with van der Waals surface area (Å²) in [6.07, 6.45) is 9.75. The summed E-state index contributed by atoms with van der Waals surface area (Å²) in [6, 6.07) is -2.34. The largest absolute Gasteiger partial charge is 0.342 e. The van der Waals surface area contributed by atoms with Crippen molar-refractivity contribution in [3.8, 4) is 0 Å². The van der Waals surface area contributed by atoms with Gasteiger partial charge in [0.15, 0.2) is 0 Å². The van der Waals surface area contributed by atoms with Gasteiger partial charge in [-0.3, -0.25) is 28.8 Å². The maximum atomic E-state index is 13.9. The van der Waals surface area contributed by atoms with Crippen LogP contribution >= 0.6 is 0 Å². The van der Waals surface area contributed by atoms with Crippen molar-refractivity contribution in [2.45, 2.75) is 208 Å². The van der Waals surface area contributed by atoms with Crippen molar-refractivity contribution in [1.82, 2.24) is 40.9 Å². The van der Waals surface area contributed by atoms with Gasteiger partial charge in [-0.2, -0.15) is 0 Å². The molecule has 346 valence electrons. The Balaban J connectivity index is 1.85. The number of nitrogens with one attached hydrogen (secondary N) is 4. The normalized spacial score (nSPS) is 19.3. The third-order valence-electron chi connectivity index (χ3n) is 12.5. The molecule has 0 aromatic heterocycles.